The molecule has 3 N–H and O–H groups in total. The number of nitrogens with zero attached hydrogens (tertiary/aromatic N) is 2. The van der Waals surface area contributed by atoms with Gasteiger partial charge in [-0.3, -0.25) is 0 Å². The van der Waals surface area contributed by atoms with Gasteiger partial charge in [-0.15, -0.1) is 0 Å². The minimum atomic E-state index is 0.0466. The van der Waals surface area contributed by atoms with Gasteiger partial charge < -0.3 is 10.8 Å². The highest BCUT2D eigenvalue weighted by atomic mass is 16.3. The molecule has 0 spiro atoms. The molecule has 0 atom stereocenters. The van der Waals surface area contributed by atoms with Gasteiger partial charge in [0.2, 0.25) is 0 Å². The van der Waals surface area contributed by atoms with Crippen molar-refractivity contribution in [1.82, 2.24) is 0 Å². The molecule has 0 aliphatic heterocycles. The summed E-state index contributed by atoms with van der Waals surface area (Å²) in [6.07, 6.45) is 2.54. The Kier molecular flexibility index (Phi) is 3.66. The average molecular weight is 177 g/mol. The monoisotopic (exact) mass is 177 g/mol. The first-order valence-corrected chi connectivity index (χ1v) is 3.82. The van der Waals surface area contributed by atoms with E-state index in [0.717, 1.165) is 11.3 Å². The maximum absolute atomic E-state index is 8.76. The fourth-order valence-corrected chi connectivity index (χ4v) is 0.826. The third-order valence-corrected chi connectivity index (χ3v) is 1.48. The Morgan fingerprint density at radius 1 is 1.31 bits per heavy atom. The fraction of sp³-hybridized carbons (Fsp3) is 0.111. The molecule has 0 aliphatic rings. The molecule has 0 radical (unpaired) electrons. The Morgan fingerprint density at radius 3 is 2.54 bits per heavy atom. The van der Waals surface area contributed by atoms with Gasteiger partial charge in [-0.1, -0.05) is 12.1 Å². The van der Waals surface area contributed by atoms with Crippen molar-refractivity contribution in [2.45, 2.75) is 6.61 Å². The first-order chi connectivity index (χ1) is 6.36. The maximum Gasteiger partial charge on any atom is 0.117 e. The zero-order chi connectivity index (χ0) is 9.52. The van der Waals surface area contributed by atoms with E-state index in [1.807, 2.05) is 0 Å². The molecule has 4 heteroatoms. The van der Waals surface area contributed by atoms with Crippen molar-refractivity contribution in [2.75, 3.05) is 0 Å². The smallest absolute Gasteiger partial charge is 0.117 e. The number of aliphatic imine (C=N–C) groups is 2. The van der Waals surface area contributed by atoms with E-state index >= 15 is 0 Å². The van der Waals surface area contributed by atoms with Gasteiger partial charge in [-0.05, 0) is 17.7 Å². The van der Waals surface area contributed by atoms with Crippen molar-refractivity contribution in [3.05, 3.63) is 29.8 Å². The van der Waals surface area contributed by atoms with E-state index in [9.17, 15) is 0 Å². The summed E-state index contributed by atoms with van der Waals surface area (Å²) >= 11 is 0. The lowest BCUT2D eigenvalue weighted by Crippen LogP contribution is -1.87. The van der Waals surface area contributed by atoms with Gasteiger partial charge >= 0.3 is 0 Å². The molecule has 0 saturated carbocycles. The number of aliphatic hydroxyl groups excluding tert-OH is 1. The van der Waals surface area contributed by atoms with E-state index in [0.29, 0.717) is 0 Å². The lowest BCUT2D eigenvalue weighted by Gasteiger charge is -1.95. The van der Waals surface area contributed by atoms with Crippen LogP contribution in [0.15, 0.2) is 34.3 Å². The third-order valence-electron chi connectivity index (χ3n) is 1.48. The summed E-state index contributed by atoms with van der Waals surface area (Å²) in [5.41, 5.74) is 6.66. The maximum atomic E-state index is 8.76. The second kappa shape index (κ2) is 5.05. The first-order valence-electron chi connectivity index (χ1n) is 3.82. The molecular formula is C9H11N3O. The minimum absolute atomic E-state index is 0.0466. The number of hydrogen-bond acceptors (Lipinski definition) is 2. The van der Waals surface area contributed by atoms with Gasteiger partial charge in [0, 0.05) is 0 Å². The van der Waals surface area contributed by atoms with E-state index in [-0.39, 0.29) is 6.61 Å². The third kappa shape index (κ3) is 3.04. The number of hydrogen-bond donors (Lipinski definition) is 2. The van der Waals surface area contributed by atoms with E-state index in [1.54, 1.807) is 24.3 Å². The highest BCUT2D eigenvalue weighted by molar-refractivity contribution is 5.71. The molecule has 0 aliphatic carbocycles. The molecule has 0 heterocycles. The zero-order valence-corrected chi connectivity index (χ0v) is 7.09. The highest BCUT2D eigenvalue weighted by Crippen LogP contribution is 2.11. The minimum Gasteiger partial charge on any atom is -0.392 e. The SMILES string of the molecule is NC=NC=Nc1ccc(CO)cc1. The molecule has 4 nitrogen and oxygen atoms in total. The summed E-state index contributed by atoms with van der Waals surface area (Å²) in [5.74, 6) is 0. The van der Waals surface area contributed by atoms with Crippen molar-refractivity contribution < 1.29 is 5.11 Å². The van der Waals surface area contributed by atoms with Crippen LogP contribution < -0.4 is 5.73 Å². The van der Waals surface area contributed by atoms with Gasteiger partial charge in [0.15, 0.2) is 0 Å². The van der Waals surface area contributed by atoms with Crippen LogP contribution in [-0.2, 0) is 6.61 Å². The molecule has 0 bridgehead atoms. The standard InChI is InChI=1S/C9H11N3O/c10-6-11-7-12-9-3-1-8(5-13)2-4-9/h1-4,6-7,13H,5H2,(H2,10,11,12). The van der Waals surface area contributed by atoms with Crippen LogP contribution in [0.1, 0.15) is 5.56 Å². The predicted molar refractivity (Wildman–Crippen MR) is 53.2 cm³/mol. The second-order valence-electron chi connectivity index (χ2n) is 2.37. The van der Waals surface area contributed by atoms with Crippen molar-refractivity contribution in [3.8, 4) is 0 Å². The summed E-state index contributed by atoms with van der Waals surface area (Å²) in [6.45, 7) is 0.0466. The Balaban J connectivity index is 2.69. The molecule has 0 fully saturated rings. The molecule has 68 valence electrons. The topological polar surface area (TPSA) is 71.0 Å². The summed E-state index contributed by atoms with van der Waals surface area (Å²) in [6, 6.07) is 7.21. The van der Waals surface area contributed by atoms with Crippen LogP contribution in [0.4, 0.5) is 5.69 Å². The largest absolute Gasteiger partial charge is 0.392 e. The van der Waals surface area contributed by atoms with Crippen LogP contribution in [0.3, 0.4) is 0 Å². The summed E-state index contributed by atoms with van der Waals surface area (Å²) in [4.78, 5) is 7.61. The van der Waals surface area contributed by atoms with Gasteiger partial charge in [0.05, 0.1) is 18.6 Å². The second-order valence-corrected chi connectivity index (χ2v) is 2.37. The van der Waals surface area contributed by atoms with E-state index < -0.39 is 0 Å². The molecule has 0 saturated heterocycles. The van der Waals surface area contributed by atoms with Gasteiger partial charge in [-0.25, -0.2) is 9.98 Å². The molecule has 1 aromatic carbocycles. The molecule has 1 rings (SSSR count). The Labute approximate surface area is 76.5 Å². The molecule has 0 aromatic heterocycles. The quantitative estimate of drug-likeness (QED) is 0.530. The van der Waals surface area contributed by atoms with Crippen molar-refractivity contribution in [2.24, 2.45) is 15.7 Å². The lowest BCUT2D eigenvalue weighted by atomic mass is 10.2. The van der Waals surface area contributed by atoms with E-state index in [2.05, 4.69) is 9.98 Å². The Bertz CT molecular complexity index is 303. The molecule has 0 unspecified atom stereocenters. The predicted octanol–water partition coefficient (Wildman–Crippen LogP) is 0.826. The van der Waals surface area contributed by atoms with E-state index in [4.69, 9.17) is 10.8 Å². The number of aliphatic hydroxyl groups is 1. The zero-order valence-electron chi connectivity index (χ0n) is 7.09. The van der Waals surface area contributed by atoms with Gasteiger partial charge in [0.25, 0.3) is 0 Å². The van der Waals surface area contributed by atoms with Crippen LogP contribution in [-0.4, -0.2) is 17.8 Å². The van der Waals surface area contributed by atoms with Crippen LogP contribution in [0.25, 0.3) is 0 Å². The normalized spacial score (nSPS) is 11.5. The van der Waals surface area contributed by atoms with Crippen LogP contribution in [0.5, 0.6) is 0 Å². The lowest BCUT2D eigenvalue weighted by molar-refractivity contribution is 0.282. The number of rotatable bonds is 3. The summed E-state index contributed by atoms with van der Waals surface area (Å²) < 4.78 is 0. The number of benzene rings is 1. The first kappa shape index (κ1) is 9.41. The van der Waals surface area contributed by atoms with Gasteiger partial charge in [-0.2, -0.15) is 0 Å². The number of nitrogens with two attached hydrogens (primary N) is 1. The molecule has 0 amide bonds. The molecule has 1 aromatic rings. The Hall–Kier alpha value is -1.68. The average Bonchev–Trinajstić information content (AvgIpc) is 2.19. The fourth-order valence-electron chi connectivity index (χ4n) is 0.826. The molecule has 13 heavy (non-hydrogen) atoms. The Morgan fingerprint density at radius 2 is 2.00 bits per heavy atom. The van der Waals surface area contributed by atoms with Gasteiger partial charge in [0.1, 0.15) is 6.34 Å². The highest BCUT2D eigenvalue weighted by Gasteiger charge is 1.89. The van der Waals surface area contributed by atoms with Crippen molar-refractivity contribution in [1.29, 1.82) is 0 Å². The van der Waals surface area contributed by atoms with Crippen molar-refractivity contribution in [3.63, 3.8) is 0 Å². The van der Waals surface area contributed by atoms with Crippen LogP contribution in [0.2, 0.25) is 0 Å². The summed E-state index contributed by atoms with van der Waals surface area (Å²) in [7, 11) is 0. The van der Waals surface area contributed by atoms with Crippen LogP contribution in [0, 0.1) is 0 Å². The summed E-state index contributed by atoms with van der Waals surface area (Å²) in [5, 5.41) is 8.76. The molecular weight excluding hydrogens is 166 g/mol. The van der Waals surface area contributed by atoms with Crippen molar-refractivity contribution >= 4 is 18.4 Å². The van der Waals surface area contributed by atoms with E-state index in [1.165, 1.54) is 12.7 Å². The van der Waals surface area contributed by atoms with Crippen LogP contribution >= 0.6 is 0 Å².